The summed E-state index contributed by atoms with van der Waals surface area (Å²) in [7, 11) is 0. The molecule has 0 unspecified atom stereocenters. The number of anilines is 1. The maximum absolute atomic E-state index is 13.1. The average molecular weight is 448 g/mol. The van der Waals surface area contributed by atoms with Crippen molar-refractivity contribution in [3.05, 3.63) is 75.8 Å². The van der Waals surface area contributed by atoms with E-state index in [9.17, 15) is 14.4 Å². The second-order valence-electron chi connectivity index (χ2n) is 6.40. The number of aromatic nitrogens is 2. The molecule has 0 aliphatic carbocycles. The molecular weight excluding hydrogens is 438 g/mol. The summed E-state index contributed by atoms with van der Waals surface area (Å²) in [4.78, 5) is 37.8. The number of hydrogen-bond acceptors (Lipinski definition) is 6. The molecule has 0 atom stereocenters. The van der Waals surface area contributed by atoms with Crippen LogP contribution in [0.25, 0.3) is 22.2 Å². The highest BCUT2D eigenvalue weighted by Crippen LogP contribution is 2.36. The van der Waals surface area contributed by atoms with Crippen molar-refractivity contribution in [2.75, 3.05) is 4.90 Å². The summed E-state index contributed by atoms with van der Waals surface area (Å²) in [5.41, 5.74) is 1.84. The van der Waals surface area contributed by atoms with Crippen molar-refractivity contribution >= 4 is 50.8 Å². The van der Waals surface area contributed by atoms with Gasteiger partial charge in [-0.25, -0.2) is 0 Å². The van der Waals surface area contributed by atoms with Crippen molar-refractivity contribution in [2.24, 2.45) is 0 Å². The van der Waals surface area contributed by atoms with Gasteiger partial charge in [0.25, 0.3) is 11.8 Å². The first-order valence-corrected chi connectivity index (χ1v) is 9.37. The van der Waals surface area contributed by atoms with Gasteiger partial charge in [-0.05, 0) is 35.7 Å². The Labute approximate surface area is 172 Å². The second-order valence-corrected chi connectivity index (χ2v) is 7.25. The van der Waals surface area contributed by atoms with Crippen LogP contribution in [-0.2, 0) is 0 Å². The van der Waals surface area contributed by atoms with Crippen molar-refractivity contribution in [2.45, 2.75) is 0 Å². The molecule has 29 heavy (non-hydrogen) atoms. The Bertz CT molecular complexity index is 1310. The number of amides is 2. The zero-order chi connectivity index (χ0) is 20.1. The summed E-state index contributed by atoms with van der Waals surface area (Å²) in [6.07, 6.45) is 0.727. The minimum Gasteiger partial charge on any atom is -0.403 e. The Morgan fingerprint density at radius 3 is 2.34 bits per heavy atom. The molecule has 0 fully saturated rings. The van der Waals surface area contributed by atoms with E-state index in [1.165, 1.54) is 0 Å². The molecule has 0 radical (unpaired) electrons. The third-order valence-corrected chi connectivity index (χ3v) is 5.45. The molecule has 1 aliphatic heterocycles. The third kappa shape index (κ3) is 2.60. The van der Waals surface area contributed by atoms with E-state index in [4.69, 9.17) is 4.42 Å². The molecule has 8 heteroatoms. The number of nitrogens with zero attached hydrogens (tertiary/aromatic N) is 3. The predicted octanol–water partition coefficient (Wildman–Crippen LogP) is 4.27. The molecule has 3 aromatic carbocycles. The van der Waals surface area contributed by atoms with Gasteiger partial charge in [0.15, 0.2) is 0 Å². The Balaban J connectivity index is 1.60. The highest BCUT2D eigenvalue weighted by Gasteiger charge is 2.37. The van der Waals surface area contributed by atoms with Gasteiger partial charge < -0.3 is 4.42 Å². The molecular formula is C21H10BrN3O4. The maximum atomic E-state index is 13.1. The minimum atomic E-state index is -0.530. The standard InChI is InChI=1S/C21H10BrN3O4/c22-16-9-8-15-17-13(16)2-1-3-14(17)19(27)25(20(15)28)21-24-23-18(29-21)12-6-4-11(10-26)5-7-12/h1-10H. The quantitative estimate of drug-likeness (QED) is 0.344. The SMILES string of the molecule is O=Cc1ccc(-c2nnc(N3C(=O)c4cccc5c(Br)ccc(c45)C3=O)o2)cc1. The van der Waals surface area contributed by atoms with Crippen LogP contribution < -0.4 is 4.90 Å². The molecule has 2 amide bonds. The van der Waals surface area contributed by atoms with E-state index in [-0.39, 0.29) is 11.9 Å². The number of carbonyl (C=O) groups excluding carboxylic acids is 3. The summed E-state index contributed by atoms with van der Waals surface area (Å²) >= 11 is 3.46. The van der Waals surface area contributed by atoms with Crippen molar-refractivity contribution in [1.82, 2.24) is 10.2 Å². The zero-order valence-electron chi connectivity index (χ0n) is 14.6. The number of hydrogen-bond donors (Lipinski definition) is 0. The molecule has 140 valence electrons. The van der Waals surface area contributed by atoms with Gasteiger partial charge in [-0.3, -0.25) is 14.4 Å². The van der Waals surface area contributed by atoms with Gasteiger partial charge in [-0.15, -0.1) is 5.10 Å². The van der Waals surface area contributed by atoms with Crippen LogP contribution in [0.4, 0.5) is 6.01 Å². The summed E-state index contributed by atoms with van der Waals surface area (Å²) in [5.74, 6) is -0.923. The van der Waals surface area contributed by atoms with E-state index in [0.717, 1.165) is 21.0 Å². The third-order valence-electron chi connectivity index (χ3n) is 4.75. The fraction of sp³-hybridized carbons (Fsp3) is 0. The largest absolute Gasteiger partial charge is 0.403 e. The normalized spacial score (nSPS) is 13.2. The fourth-order valence-corrected chi connectivity index (χ4v) is 3.82. The zero-order valence-corrected chi connectivity index (χ0v) is 16.2. The summed E-state index contributed by atoms with van der Waals surface area (Å²) < 4.78 is 6.42. The molecule has 1 aromatic heterocycles. The number of imide groups is 1. The molecule has 0 saturated heterocycles. The molecule has 0 bridgehead atoms. The Morgan fingerprint density at radius 2 is 1.62 bits per heavy atom. The van der Waals surface area contributed by atoms with Crippen molar-refractivity contribution in [1.29, 1.82) is 0 Å². The predicted molar refractivity (Wildman–Crippen MR) is 108 cm³/mol. The van der Waals surface area contributed by atoms with E-state index >= 15 is 0 Å². The topological polar surface area (TPSA) is 93.4 Å². The number of carbonyl (C=O) groups is 3. The van der Waals surface area contributed by atoms with Gasteiger partial charge in [0.05, 0.1) is 0 Å². The summed E-state index contributed by atoms with van der Waals surface area (Å²) in [6.45, 7) is 0. The number of halogens is 1. The average Bonchev–Trinajstić information content (AvgIpc) is 3.23. The van der Waals surface area contributed by atoms with Gasteiger partial charge in [0.2, 0.25) is 5.89 Å². The van der Waals surface area contributed by atoms with Crippen molar-refractivity contribution in [3.8, 4) is 11.5 Å². The molecule has 1 aliphatic rings. The first-order valence-electron chi connectivity index (χ1n) is 8.57. The van der Waals surface area contributed by atoms with Crippen LogP contribution in [-0.4, -0.2) is 28.3 Å². The Morgan fingerprint density at radius 1 is 0.897 bits per heavy atom. The fourth-order valence-electron chi connectivity index (χ4n) is 3.36. The first-order chi connectivity index (χ1) is 14.1. The molecule has 0 saturated carbocycles. The van der Waals surface area contributed by atoms with Crippen molar-refractivity contribution in [3.63, 3.8) is 0 Å². The summed E-state index contributed by atoms with van der Waals surface area (Å²) in [6, 6.07) is 15.0. The van der Waals surface area contributed by atoms with E-state index in [1.54, 1.807) is 48.5 Å². The van der Waals surface area contributed by atoms with Crippen LogP contribution in [0.15, 0.2) is 63.5 Å². The van der Waals surface area contributed by atoms with Gasteiger partial charge in [0.1, 0.15) is 6.29 Å². The van der Waals surface area contributed by atoms with Crippen LogP contribution in [0.5, 0.6) is 0 Å². The second kappa shape index (κ2) is 6.46. The minimum absolute atomic E-state index is 0.137. The lowest BCUT2D eigenvalue weighted by Gasteiger charge is -2.24. The lowest BCUT2D eigenvalue weighted by Crippen LogP contribution is -2.40. The Kier molecular flexibility index (Phi) is 3.88. The molecule has 2 heterocycles. The van der Waals surface area contributed by atoms with E-state index in [0.29, 0.717) is 27.6 Å². The lowest BCUT2D eigenvalue weighted by molar-refractivity contribution is 0.0885. The van der Waals surface area contributed by atoms with Crippen LogP contribution in [0.1, 0.15) is 31.1 Å². The highest BCUT2D eigenvalue weighted by atomic mass is 79.9. The summed E-state index contributed by atoms with van der Waals surface area (Å²) in [5, 5.41) is 9.22. The van der Waals surface area contributed by atoms with E-state index in [1.807, 2.05) is 6.07 Å². The molecule has 5 rings (SSSR count). The van der Waals surface area contributed by atoms with Crippen molar-refractivity contribution < 1.29 is 18.8 Å². The Hall–Kier alpha value is -3.65. The smallest absolute Gasteiger partial charge is 0.332 e. The first kappa shape index (κ1) is 17.4. The van der Waals surface area contributed by atoms with Gasteiger partial charge in [0, 0.05) is 32.1 Å². The van der Waals surface area contributed by atoms with Crippen LogP contribution in [0.3, 0.4) is 0 Å². The van der Waals surface area contributed by atoms with Crippen LogP contribution >= 0.6 is 15.9 Å². The molecule has 0 N–H and O–H groups in total. The highest BCUT2D eigenvalue weighted by molar-refractivity contribution is 9.10. The van der Waals surface area contributed by atoms with E-state index < -0.39 is 11.8 Å². The van der Waals surface area contributed by atoms with Gasteiger partial charge >= 0.3 is 6.01 Å². The molecule has 4 aromatic rings. The maximum Gasteiger partial charge on any atom is 0.332 e. The van der Waals surface area contributed by atoms with Gasteiger partial charge in [-0.2, -0.15) is 4.90 Å². The van der Waals surface area contributed by atoms with E-state index in [2.05, 4.69) is 26.1 Å². The number of aldehydes is 1. The van der Waals surface area contributed by atoms with Gasteiger partial charge in [-0.1, -0.05) is 45.3 Å². The molecule has 0 spiro atoms. The van der Waals surface area contributed by atoms with Crippen LogP contribution in [0, 0.1) is 0 Å². The lowest BCUT2D eigenvalue weighted by atomic mass is 9.94. The van der Waals surface area contributed by atoms with Crippen LogP contribution in [0.2, 0.25) is 0 Å². The number of benzene rings is 3. The molecule has 7 nitrogen and oxygen atoms in total. The number of rotatable bonds is 3. The monoisotopic (exact) mass is 447 g/mol.